The molecule has 4 nitrogen and oxygen atoms in total. The van der Waals surface area contributed by atoms with Gasteiger partial charge in [-0.3, -0.25) is 4.72 Å². The van der Waals surface area contributed by atoms with Gasteiger partial charge in [-0.15, -0.1) is 0 Å². The molecular formula is C8H7Br3N2O2S2. The van der Waals surface area contributed by atoms with Crippen molar-refractivity contribution >= 4 is 80.7 Å². The zero-order valence-electron chi connectivity index (χ0n) is 8.21. The summed E-state index contributed by atoms with van der Waals surface area (Å²) in [5, 5.41) is 0. The van der Waals surface area contributed by atoms with E-state index in [1.165, 1.54) is 0 Å². The van der Waals surface area contributed by atoms with Gasteiger partial charge in [0.15, 0.2) is 0 Å². The highest BCUT2D eigenvalue weighted by Crippen LogP contribution is 2.34. The minimum Gasteiger partial charge on any atom is -0.392 e. The number of halogens is 3. The number of sulfonamides is 1. The standard InChI is InChI=1S/C8H7Br3N2O2S2/c9-4-1-5(10)8(6(11)2-4)13-17(14,15)3-7(12)16/h1-2,13H,3H2,(H2,12,16). The number of rotatable bonds is 4. The van der Waals surface area contributed by atoms with Crippen molar-refractivity contribution in [3.63, 3.8) is 0 Å². The van der Waals surface area contributed by atoms with E-state index in [-0.39, 0.29) is 4.99 Å². The van der Waals surface area contributed by atoms with Gasteiger partial charge in [-0.25, -0.2) is 8.42 Å². The first-order valence-corrected chi connectivity index (χ1v) is 8.58. The van der Waals surface area contributed by atoms with Crippen molar-refractivity contribution in [2.45, 2.75) is 0 Å². The third kappa shape index (κ3) is 4.82. The van der Waals surface area contributed by atoms with Crippen LogP contribution in [-0.2, 0) is 10.0 Å². The molecule has 0 heterocycles. The number of benzene rings is 1. The fourth-order valence-corrected chi connectivity index (χ4v) is 5.18. The molecule has 17 heavy (non-hydrogen) atoms. The Morgan fingerprint density at radius 1 is 1.29 bits per heavy atom. The third-order valence-corrected chi connectivity index (χ3v) is 4.84. The van der Waals surface area contributed by atoms with Crippen LogP contribution in [0.15, 0.2) is 25.6 Å². The highest BCUT2D eigenvalue weighted by atomic mass is 79.9. The number of hydrogen-bond donors (Lipinski definition) is 2. The van der Waals surface area contributed by atoms with Gasteiger partial charge in [-0.1, -0.05) is 28.1 Å². The predicted octanol–water partition coefficient (Wildman–Crippen LogP) is 3.00. The quantitative estimate of drug-likeness (QED) is 0.669. The molecule has 0 aromatic heterocycles. The zero-order chi connectivity index (χ0) is 13.2. The first kappa shape index (κ1) is 15.4. The van der Waals surface area contributed by atoms with Crippen molar-refractivity contribution < 1.29 is 8.42 Å². The average molecular weight is 467 g/mol. The fraction of sp³-hybridized carbons (Fsp3) is 0.125. The van der Waals surface area contributed by atoms with E-state index in [1.807, 2.05) is 0 Å². The fourth-order valence-electron chi connectivity index (χ4n) is 1.02. The van der Waals surface area contributed by atoms with Crippen molar-refractivity contribution in [3.8, 4) is 0 Å². The van der Waals surface area contributed by atoms with Gasteiger partial charge in [0.1, 0.15) is 5.75 Å². The molecule has 0 aliphatic heterocycles. The van der Waals surface area contributed by atoms with Gasteiger partial charge in [0, 0.05) is 13.4 Å². The Balaban J connectivity index is 3.08. The Bertz CT molecular complexity index is 537. The lowest BCUT2D eigenvalue weighted by molar-refractivity contribution is 0.605. The summed E-state index contributed by atoms with van der Waals surface area (Å²) in [6.07, 6.45) is 0. The SMILES string of the molecule is NC(=S)CS(=O)(=O)Nc1c(Br)cc(Br)cc1Br. The molecule has 0 atom stereocenters. The normalized spacial score (nSPS) is 11.2. The molecule has 0 aliphatic carbocycles. The van der Waals surface area contributed by atoms with Gasteiger partial charge in [-0.2, -0.15) is 0 Å². The summed E-state index contributed by atoms with van der Waals surface area (Å²) < 4.78 is 27.8. The van der Waals surface area contributed by atoms with Gasteiger partial charge >= 0.3 is 0 Å². The van der Waals surface area contributed by atoms with Gasteiger partial charge in [-0.05, 0) is 44.0 Å². The summed E-state index contributed by atoms with van der Waals surface area (Å²) in [4.78, 5) is -0.0816. The van der Waals surface area contributed by atoms with Crippen molar-refractivity contribution in [2.24, 2.45) is 5.73 Å². The van der Waals surface area contributed by atoms with Crippen LogP contribution < -0.4 is 10.5 Å². The lowest BCUT2D eigenvalue weighted by Crippen LogP contribution is -2.26. The maximum Gasteiger partial charge on any atom is 0.239 e. The van der Waals surface area contributed by atoms with E-state index in [0.717, 1.165) is 4.47 Å². The molecule has 0 saturated carbocycles. The Labute approximate surface area is 130 Å². The maximum absolute atomic E-state index is 11.7. The van der Waals surface area contributed by atoms with E-state index in [9.17, 15) is 8.42 Å². The molecule has 3 N–H and O–H groups in total. The molecule has 94 valence electrons. The minimum absolute atomic E-state index is 0.0816. The molecule has 0 fully saturated rings. The molecule has 0 aliphatic rings. The summed E-state index contributed by atoms with van der Waals surface area (Å²) in [7, 11) is -3.58. The number of nitrogens with one attached hydrogen (secondary N) is 1. The number of hydrogen-bond acceptors (Lipinski definition) is 3. The molecule has 0 unspecified atom stereocenters. The van der Waals surface area contributed by atoms with E-state index in [4.69, 9.17) is 5.73 Å². The zero-order valence-corrected chi connectivity index (χ0v) is 14.6. The van der Waals surface area contributed by atoms with Gasteiger partial charge < -0.3 is 5.73 Å². The second kappa shape index (κ2) is 5.96. The van der Waals surface area contributed by atoms with Gasteiger partial charge in [0.2, 0.25) is 10.0 Å². The molecule has 0 radical (unpaired) electrons. The van der Waals surface area contributed by atoms with Crippen molar-refractivity contribution in [1.82, 2.24) is 0 Å². The lowest BCUT2D eigenvalue weighted by atomic mass is 10.3. The van der Waals surface area contributed by atoms with Crippen molar-refractivity contribution in [1.29, 1.82) is 0 Å². The molecule has 0 bridgehead atoms. The van der Waals surface area contributed by atoms with E-state index >= 15 is 0 Å². The highest BCUT2D eigenvalue weighted by molar-refractivity contribution is 9.11. The molecule has 1 aromatic carbocycles. The second-order valence-corrected chi connectivity index (χ2v) is 7.94. The Morgan fingerprint density at radius 2 is 1.76 bits per heavy atom. The topological polar surface area (TPSA) is 72.2 Å². The van der Waals surface area contributed by atoms with E-state index < -0.39 is 15.8 Å². The second-order valence-electron chi connectivity index (χ2n) is 3.07. The molecule has 1 aromatic rings. The van der Waals surface area contributed by atoms with E-state index in [2.05, 4.69) is 64.7 Å². The monoisotopic (exact) mass is 464 g/mol. The maximum atomic E-state index is 11.7. The van der Waals surface area contributed by atoms with Crippen LogP contribution in [0, 0.1) is 0 Å². The van der Waals surface area contributed by atoms with Gasteiger partial charge in [0.05, 0.1) is 10.7 Å². The molecule has 0 saturated heterocycles. The average Bonchev–Trinajstić information content (AvgIpc) is 2.09. The van der Waals surface area contributed by atoms with Crippen LogP contribution in [0.4, 0.5) is 5.69 Å². The Kier molecular flexibility index (Phi) is 5.39. The smallest absolute Gasteiger partial charge is 0.239 e. The highest BCUT2D eigenvalue weighted by Gasteiger charge is 2.16. The largest absolute Gasteiger partial charge is 0.392 e. The lowest BCUT2D eigenvalue weighted by Gasteiger charge is -2.11. The number of anilines is 1. The van der Waals surface area contributed by atoms with Crippen LogP contribution in [0.5, 0.6) is 0 Å². The van der Waals surface area contributed by atoms with Crippen LogP contribution in [-0.4, -0.2) is 19.2 Å². The molecular weight excluding hydrogens is 460 g/mol. The predicted molar refractivity (Wildman–Crippen MR) is 83.7 cm³/mol. The van der Waals surface area contributed by atoms with Crippen molar-refractivity contribution in [3.05, 3.63) is 25.6 Å². The van der Waals surface area contributed by atoms with Crippen LogP contribution in [0.3, 0.4) is 0 Å². The molecule has 1 rings (SSSR count). The first-order valence-electron chi connectivity index (χ1n) is 4.14. The minimum atomic E-state index is -3.58. The molecule has 0 spiro atoms. The van der Waals surface area contributed by atoms with Gasteiger partial charge in [0.25, 0.3) is 0 Å². The van der Waals surface area contributed by atoms with Crippen LogP contribution in [0.25, 0.3) is 0 Å². The Morgan fingerprint density at radius 3 is 2.18 bits per heavy atom. The molecule has 0 amide bonds. The summed E-state index contributed by atoms with van der Waals surface area (Å²) >= 11 is 14.4. The first-order chi connectivity index (χ1) is 7.71. The van der Waals surface area contributed by atoms with Crippen LogP contribution in [0.1, 0.15) is 0 Å². The Hall–Kier alpha value is 0.300. The van der Waals surface area contributed by atoms with E-state index in [0.29, 0.717) is 14.6 Å². The van der Waals surface area contributed by atoms with Crippen LogP contribution >= 0.6 is 60.0 Å². The summed E-state index contributed by atoms with van der Waals surface area (Å²) in [6.45, 7) is 0. The molecule has 9 heteroatoms. The third-order valence-electron chi connectivity index (χ3n) is 1.60. The number of thiocarbonyl (C=S) groups is 1. The summed E-state index contributed by atoms with van der Waals surface area (Å²) in [5.41, 5.74) is 5.62. The van der Waals surface area contributed by atoms with Crippen LogP contribution in [0.2, 0.25) is 0 Å². The van der Waals surface area contributed by atoms with Crippen molar-refractivity contribution in [2.75, 3.05) is 10.5 Å². The summed E-state index contributed by atoms with van der Waals surface area (Å²) in [5.74, 6) is -0.392. The number of nitrogens with two attached hydrogens (primary N) is 1. The summed E-state index contributed by atoms with van der Waals surface area (Å²) in [6, 6.07) is 3.45. The van der Waals surface area contributed by atoms with E-state index in [1.54, 1.807) is 12.1 Å².